The van der Waals surface area contributed by atoms with Gasteiger partial charge in [0.05, 0.1) is 12.1 Å². The molecule has 1 aliphatic heterocycles. The summed E-state index contributed by atoms with van der Waals surface area (Å²) < 4.78 is 42.7. The van der Waals surface area contributed by atoms with Gasteiger partial charge in [0, 0.05) is 6.54 Å². The van der Waals surface area contributed by atoms with Crippen molar-refractivity contribution in [2.45, 2.75) is 18.8 Å². The van der Waals surface area contributed by atoms with Gasteiger partial charge in [-0.25, -0.2) is 4.79 Å². The van der Waals surface area contributed by atoms with Crippen LogP contribution in [0.25, 0.3) is 0 Å². The highest BCUT2D eigenvalue weighted by Crippen LogP contribution is 2.29. The molecule has 8 heteroatoms. The number of amides is 1. The van der Waals surface area contributed by atoms with Crippen molar-refractivity contribution in [3.63, 3.8) is 0 Å². The van der Waals surface area contributed by atoms with Crippen LogP contribution >= 0.6 is 0 Å². The SMILES string of the molecule is O=C(O)C1CN(Cc2cccc(C(F)(F)F)c2)C(=O)CO1. The van der Waals surface area contributed by atoms with Gasteiger partial charge in [0.15, 0.2) is 6.10 Å². The van der Waals surface area contributed by atoms with E-state index >= 15 is 0 Å². The first-order chi connectivity index (χ1) is 9.77. The van der Waals surface area contributed by atoms with Gasteiger partial charge in [-0.15, -0.1) is 0 Å². The van der Waals surface area contributed by atoms with Gasteiger partial charge in [0.1, 0.15) is 6.61 Å². The van der Waals surface area contributed by atoms with E-state index in [0.29, 0.717) is 0 Å². The first-order valence-electron chi connectivity index (χ1n) is 6.05. The van der Waals surface area contributed by atoms with Crippen LogP contribution in [0.15, 0.2) is 24.3 Å². The number of hydrogen-bond acceptors (Lipinski definition) is 3. The van der Waals surface area contributed by atoms with Crippen LogP contribution < -0.4 is 0 Å². The predicted octanol–water partition coefficient (Wildman–Crippen LogP) is 1.52. The summed E-state index contributed by atoms with van der Waals surface area (Å²) in [5.74, 6) is -1.67. The fraction of sp³-hybridized carbons (Fsp3) is 0.385. The number of carbonyl (C=O) groups excluding carboxylic acids is 1. The van der Waals surface area contributed by atoms with E-state index in [9.17, 15) is 22.8 Å². The molecule has 1 aromatic carbocycles. The van der Waals surface area contributed by atoms with Crippen LogP contribution in [0, 0.1) is 0 Å². The quantitative estimate of drug-likeness (QED) is 0.919. The van der Waals surface area contributed by atoms with Crippen LogP contribution in [0.5, 0.6) is 0 Å². The molecule has 1 aliphatic rings. The van der Waals surface area contributed by atoms with Crippen LogP contribution in [0.4, 0.5) is 13.2 Å². The first kappa shape index (κ1) is 15.3. The average molecular weight is 303 g/mol. The van der Waals surface area contributed by atoms with E-state index in [2.05, 4.69) is 0 Å². The minimum atomic E-state index is -4.46. The van der Waals surface area contributed by atoms with Crippen molar-refractivity contribution < 1.29 is 32.6 Å². The second-order valence-electron chi connectivity index (χ2n) is 4.61. The van der Waals surface area contributed by atoms with Crippen molar-refractivity contribution in [1.29, 1.82) is 0 Å². The average Bonchev–Trinajstić information content (AvgIpc) is 2.40. The molecule has 1 unspecified atom stereocenters. The van der Waals surface area contributed by atoms with E-state index < -0.39 is 36.3 Å². The van der Waals surface area contributed by atoms with Gasteiger partial charge in [-0.05, 0) is 17.7 Å². The Balaban J connectivity index is 2.13. The number of alkyl halides is 3. The highest BCUT2D eigenvalue weighted by Gasteiger charge is 2.32. The third-order valence-corrected chi connectivity index (χ3v) is 3.05. The van der Waals surface area contributed by atoms with E-state index in [1.54, 1.807) is 0 Å². The van der Waals surface area contributed by atoms with Crippen LogP contribution in [0.1, 0.15) is 11.1 Å². The molecule has 0 spiro atoms. The van der Waals surface area contributed by atoms with E-state index in [0.717, 1.165) is 12.1 Å². The Hall–Kier alpha value is -2.09. The molecule has 1 heterocycles. The van der Waals surface area contributed by atoms with Crippen LogP contribution in [-0.4, -0.2) is 41.1 Å². The lowest BCUT2D eigenvalue weighted by atomic mass is 10.1. The van der Waals surface area contributed by atoms with Gasteiger partial charge in [-0.1, -0.05) is 12.1 Å². The van der Waals surface area contributed by atoms with Crippen molar-refractivity contribution >= 4 is 11.9 Å². The number of carbonyl (C=O) groups is 2. The third kappa shape index (κ3) is 3.72. The van der Waals surface area contributed by atoms with Gasteiger partial charge in [0.25, 0.3) is 0 Å². The fourth-order valence-electron chi connectivity index (χ4n) is 1.99. The maximum atomic E-state index is 12.6. The zero-order valence-electron chi connectivity index (χ0n) is 10.8. The molecule has 0 radical (unpaired) electrons. The van der Waals surface area contributed by atoms with Crippen LogP contribution in [0.2, 0.25) is 0 Å². The summed E-state index contributed by atoms with van der Waals surface area (Å²) >= 11 is 0. The highest BCUT2D eigenvalue weighted by molar-refractivity contribution is 5.81. The molecule has 1 aromatic rings. The molecule has 1 saturated heterocycles. The summed E-state index contributed by atoms with van der Waals surface area (Å²) in [6.07, 6.45) is -5.62. The predicted molar refractivity (Wildman–Crippen MR) is 64.2 cm³/mol. The van der Waals surface area contributed by atoms with Gasteiger partial charge in [-0.3, -0.25) is 4.79 Å². The lowest BCUT2D eigenvalue weighted by Gasteiger charge is -2.30. The lowest BCUT2D eigenvalue weighted by molar-refractivity contribution is -0.165. The number of morpholine rings is 1. The number of hydrogen-bond donors (Lipinski definition) is 1. The zero-order chi connectivity index (χ0) is 15.6. The summed E-state index contributed by atoms with van der Waals surface area (Å²) in [5.41, 5.74) is -0.528. The number of nitrogens with zero attached hydrogens (tertiary/aromatic N) is 1. The highest BCUT2D eigenvalue weighted by atomic mass is 19.4. The molecule has 114 valence electrons. The topological polar surface area (TPSA) is 66.8 Å². The van der Waals surface area contributed by atoms with E-state index in [1.165, 1.54) is 17.0 Å². The Morgan fingerprint density at radius 1 is 1.43 bits per heavy atom. The Morgan fingerprint density at radius 2 is 2.14 bits per heavy atom. The van der Waals surface area contributed by atoms with Crippen LogP contribution in [0.3, 0.4) is 0 Å². The Labute approximate surface area is 117 Å². The molecule has 1 atom stereocenters. The number of benzene rings is 1. The fourth-order valence-corrected chi connectivity index (χ4v) is 1.99. The summed E-state index contributed by atoms with van der Waals surface area (Å²) in [6.45, 7) is -0.670. The van der Waals surface area contributed by atoms with Crippen molar-refractivity contribution in [1.82, 2.24) is 4.90 Å². The molecule has 21 heavy (non-hydrogen) atoms. The molecule has 1 N–H and O–H groups in total. The molecular weight excluding hydrogens is 291 g/mol. The molecule has 1 amide bonds. The second-order valence-corrected chi connectivity index (χ2v) is 4.61. The maximum Gasteiger partial charge on any atom is 0.416 e. The monoisotopic (exact) mass is 303 g/mol. The van der Waals surface area contributed by atoms with Gasteiger partial charge >= 0.3 is 12.1 Å². The summed E-state index contributed by atoms with van der Waals surface area (Å²) in [6, 6.07) is 4.58. The summed E-state index contributed by atoms with van der Waals surface area (Å²) in [4.78, 5) is 23.6. The van der Waals surface area contributed by atoms with Gasteiger partial charge < -0.3 is 14.7 Å². The number of carboxylic acids is 1. The standard InChI is InChI=1S/C13H12F3NO4/c14-13(15,16)9-3-1-2-8(4-9)5-17-6-10(12(19)20)21-7-11(17)18/h1-4,10H,5-7H2,(H,19,20). The molecule has 5 nitrogen and oxygen atoms in total. The third-order valence-electron chi connectivity index (χ3n) is 3.05. The molecule has 0 bridgehead atoms. The van der Waals surface area contributed by atoms with E-state index in [1.807, 2.05) is 0 Å². The van der Waals surface area contributed by atoms with E-state index in [-0.39, 0.29) is 18.7 Å². The number of halogens is 3. The van der Waals surface area contributed by atoms with Gasteiger partial charge in [0.2, 0.25) is 5.91 Å². The molecule has 0 aliphatic carbocycles. The number of rotatable bonds is 3. The normalized spacial score (nSPS) is 19.7. The van der Waals surface area contributed by atoms with E-state index in [4.69, 9.17) is 9.84 Å². The van der Waals surface area contributed by atoms with Gasteiger partial charge in [-0.2, -0.15) is 13.2 Å². The largest absolute Gasteiger partial charge is 0.479 e. The zero-order valence-corrected chi connectivity index (χ0v) is 10.8. The molecule has 0 saturated carbocycles. The maximum absolute atomic E-state index is 12.6. The van der Waals surface area contributed by atoms with Crippen molar-refractivity contribution in [2.75, 3.05) is 13.2 Å². The number of aliphatic carboxylic acids is 1. The van der Waals surface area contributed by atoms with Crippen molar-refractivity contribution in [3.8, 4) is 0 Å². The molecule has 0 aromatic heterocycles. The smallest absolute Gasteiger partial charge is 0.416 e. The minimum absolute atomic E-state index is 0.0874. The minimum Gasteiger partial charge on any atom is -0.479 e. The lowest BCUT2D eigenvalue weighted by Crippen LogP contribution is -2.49. The van der Waals surface area contributed by atoms with Crippen LogP contribution in [-0.2, 0) is 27.0 Å². The Kier molecular flexibility index (Phi) is 4.17. The second kappa shape index (κ2) is 5.72. The number of carboxylic acid groups (broad SMARTS) is 1. The molecule has 1 fully saturated rings. The van der Waals surface area contributed by atoms with Crippen molar-refractivity contribution in [2.24, 2.45) is 0 Å². The first-order valence-corrected chi connectivity index (χ1v) is 6.05. The number of ether oxygens (including phenoxy) is 1. The summed E-state index contributed by atoms with van der Waals surface area (Å²) in [7, 11) is 0. The van der Waals surface area contributed by atoms with Crippen molar-refractivity contribution in [3.05, 3.63) is 35.4 Å². The Morgan fingerprint density at radius 3 is 2.76 bits per heavy atom. The summed E-state index contributed by atoms with van der Waals surface area (Å²) in [5, 5.41) is 8.85. The molecule has 2 rings (SSSR count). The molecular formula is C13H12F3NO4. The Bertz CT molecular complexity index is 559.